The molecule has 0 bridgehead atoms. The Bertz CT molecular complexity index is 1380. The van der Waals surface area contributed by atoms with E-state index < -0.39 is 0 Å². The second-order valence-electron chi connectivity index (χ2n) is 6.29. The van der Waals surface area contributed by atoms with Crippen LogP contribution in [0.3, 0.4) is 0 Å². The van der Waals surface area contributed by atoms with Crippen molar-refractivity contribution in [3.8, 4) is 22.6 Å². The Morgan fingerprint density at radius 3 is 2.85 bits per heavy atom. The Labute approximate surface area is 157 Å². The van der Waals surface area contributed by atoms with E-state index in [1.807, 2.05) is 42.2 Å². The van der Waals surface area contributed by atoms with E-state index in [0.717, 1.165) is 27.2 Å². The zero-order valence-electron chi connectivity index (χ0n) is 14.6. The third-order valence-electron chi connectivity index (χ3n) is 4.69. The van der Waals surface area contributed by atoms with Gasteiger partial charge in [-0.15, -0.1) is 21.5 Å². The number of nitrogens with one attached hydrogen (secondary N) is 1. The van der Waals surface area contributed by atoms with Crippen LogP contribution in [-0.2, 0) is 7.05 Å². The molecule has 0 radical (unpaired) electrons. The van der Waals surface area contributed by atoms with E-state index in [0.29, 0.717) is 22.6 Å². The van der Waals surface area contributed by atoms with Gasteiger partial charge in [0.2, 0.25) is 0 Å². The summed E-state index contributed by atoms with van der Waals surface area (Å²) >= 11 is 1.58. The first-order chi connectivity index (χ1) is 13.1. The Balaban J connectivity index is 1.87. The third kappa shape index (κ3) is 2.45. The van der Waals surface area contributed by atoms with Crippen molar-refractivity contribution >= 4 is 32.6 Å². The molecular weight excluding hydrogens is 360 g/mol. The lowest BCUT2D eigenvalue weighted by Crippen LogP contribution is -2.05. The molecule has 0 atom stereocenters. The van der Waals surface area contributed by atoms with Gasteiger partial charge < -0.3 is 9.55 Å². The van der Waals surface area contributed by atoms with Crippen molar-refractivity contribution < 1.29 is 0 Å². The zero-order valence-corrected chi connectivity index (χ0v) is 15.4. The molecule has 0 aliphatic heterocycles. The van der Waals surface area contributed by atoms with E-state index in [1.165, 1.54) is 6.07 Å². The maximum absolute atomic E-state index is 12.4. The van der Waals surface area contributed by atoms with Crippen LogP contribution in [0, 0.1) is 6.92 Å². The highest BCUT2D eigenvalue weighted by Gasteiger charge is 2.18. The second kappa shape index (κ2) is 5.82. The van der Waals surface area contributed by atoms with Gasteiger partial charge in [-0.3, -0.25) is 4.79 Å². The maximum Gasteiger partial charge on any atom is 0.191 e. The van der Waals surface area contributed by atoms with Crippen LogP contribution < -0.4 is 5.43 Å². The molecule has 4 aromatic heterocycles. The van der Waals surface area contributed by atoms with Crippen LogP contribution in [0.5, 0.6) is 0 Å². The average molecular weight is 374 g/mol. The van der Waals surface area contributed by atoms with E-state index in [4.69, 9.17) is 4.98 Å². The first-order valence-corrected chi connectivity index (χ1v) is 9.22. The summed E-state index contributed by atoms with van der Waals surface area (Å²) < 4.78 is 2.97. The summed E-state index contributed by atoms with van der Waals surface area (Å²) in [4.78, 5) is 24.5. The van der Waals surface area contributed by atoms with E-state index in [-0.39, 0.29) is 5.43 Å². The largest absolute Gasteiger partial charge is 0.346 e. The highest BCUT2D eigenvalue weighted by Crippen LogP contribution is 2.33. The number of benzene rings is 1. The number of thiazole rings is 1. The Morgan fingerprint density at radius 2 is 2.04 bits per heavy atom. The van der Waals surface area contributed by atoms with Gasteiger partial charge in [0.1, 0.15) is 17.2 Å². The molecule has 1 N–H and O–H groups in total. The zero-order chi connectivity index (χ0) is 18.5. The summed E-state index contributed by atoms with van der Waals surface area (Å²) in [5, 5.41) is 9.00. The molecule has 0 saturated heterocycles. The van der Waals surface area contributed by atoms with Crippen molar-refractivity contribution in [2.24, 2.45) is 7.05 Å². The topological polar surface area (TPSA) is 89.3 Å². The van der Waals surface area contributed by atoms with Gasteiger partial charge >= 0.3 is 0 Å². The van der Waals surface area contributed by atoms with Crippen LogP contribution in [0.1, 0.15) is 5.82 Å². The predicted molar refractivity (Wildman–Crippen MR) is 106 cm³/mol. The van der Waals surface area contributed by atoms with Gasteiger partial charge in [0.15, 0.2) is 11.3 Å². The van der Waals surface area contributed by atoms with Crippen LogP contribution in [0.15, 0.2) is 46.8 Å². The standard InChI is InChI=1S/C19H14N6OS/c1-10-23-24-19(25(10)2)17-12(8-13-15(26)5-6-20-18(13)22-17)11-3-4-14-16(7-11)27-9-21-14/h3-9H,1-2H3,(H,20,22,26). The lowest BCUT2D eigenvalue weighted by atomic mass is 10.0. The van der Waals surface area contributed by atoms with Crippen molar-refractivity contribution in [1.82, 2.24) is 29.7 Å². The molecule has 0 amide bonds. The van der Waals surface area contributed by atoms with Crippen molar-refractivity contribution in [1.29, 1.82) is 0 Å². The normalized spacial score (nSPS) is 11.5. The van der Waals surface area contributed by atoms with E-state index in [1.54, 1.807) is 17.5 Å². The number of aromatic amines is 1. The summed E-state index contributed by atoms with van der Waals surface area (Å²) in [7, 11) is 1.90. The minimum absolute atomic E-state index is 0.0722. The highest BCUT2D eigenvalue weighted by molar-refractivity contribution is 7.16. The van der Waals surface area contributed by atoms with E-state index in [2.05, 4.69) is 26.2 Å². The fourth-order valence-corrected chi connectivity index (χ4v) is 3.84. The quantitative estimate of drug-likeness (QED) is 0.512. The Morgan fingerprint density at radius 1 is 1.15 bits per heavy atom. The summed E-state index contributed by atoms with van der Waals surface area (Å²) in [5.41, 5.74) is 5.70. The Hall–Kier alpha value is -3.39. The van der Waals surface area contributed by atoms with Gasteiger partial charge in [0, 0.05) is 24.9 Å². The molecule has 5 aromatic rings. The number of nitrogens with zero attached hydrogens (tertiary/aromatic N) is 5. The SMILES string of the molecule is Cc1nnc(-c2nc3[nH]ccc(=O)c3cc2-c2ccc3ncsc3c2)n1C. The van der Waals surface area contributed by atoms with Crippen molar-refractivity contribution in [3.05, 3.63) is 58.1 Å². The monoisotopic (exact) mass is 374 g/mol. The number of hydrogen-bond acceptors (Lipinski definition) is 6. The molecule has 0 aliphatic rings. The van der Waals surface area contributed by atoms with Crippen LogP contribution in [0.2, 0.25) is 0 Å². The molecule has 8 heteroatoms. The van der Waals surface area contributed by atoms with Gasteiger partial charge in [-0.1, -0.05) is 6.07 Å². The molecule has 4 heterocycles. The maximum atomic E-state index is 12.4. The van der Waals surface area contributed by atoms with Crippen molar-refractivity contribution in [2.45, 2.75) is 6.92 Å². The highest BCUT2D eigenvalue weighted by atomic mass is 32.1. The summed E-state index contributed by atoms with van der Waals surface area (Å²) in [6.07, 6.45) is 1.60. The average Bonchev–Trinajstić information content (AvgIpc) is 3.27. The van der Waals surface area contributed by atoms with Crippen LogP contribution >= 0.6 is 11.3 Å². The second-order valence-corrected chi connectivity index (χ2v) is 7.17. The summed E-state index contributed by atoms with van der Waals surface area (Å²) in [6, 6.07) is 9.43. The number of H-pyrrole nitrogens is 1. The van der Waals surface area contributed by atoms with Gasteiger partial charge in [-0.25, -0.2) is 9.97 Å². The smallest absolute Gasteiger partial charge is 0.191 e. The number of aromatic nitrogens is 6. The molecular formula is C19H14N6OS. The molecule has 0 saturated carbocycles. The van der Waals surface area contributed by atoms with Gasteiger partial charge in [0.05, 0.1) is 21.1 Å². The summed E-state index contributed by atoms with van der Waals surface area (Å²) in [6.45, 7) is 1.89. The number of rotatable bonds is 2. The fourth-order valence-electron chi connectivity index (χ4n) is 3.12. The molecule has 0 unspecified atom stereocenters. The number of pyridine rings is 2. The van der Waals surface area contributed by atoms with Crippen LogP contribution in [-0.4, -0.2) is 29.7 Å². The third-order valence-corrected chi connectivity index (χ3v) is 5.48. The van der Waals surface area contributed by atoms with Crippen molar-refractivity contribution in [2.75, 3.05) is 0 Å². The molecule has 27 heavy (non-hydrogen) atoms. The van der Waals surface area contributed by atoms with E-state index >= 15 is 0 Å². The van der Waals surface area contributed by atoms with Gasteiger partial charge in [-0.05, 0) is 30.7 Å². The van der Waals surface area contributed by atoms with Crippen LogP contribution in [0.25, 0.3) is 43.9 Å². The first-order valence-electron chi connectivity index (χ1n) is 8.34. The fraction of sp³-hybridized carbons (Fsp3) is 0.105. The van der Waals surface area contributed by atoms with Gasteiger partial charge in [-0.2, -0.15) is 0 Å². The molecule has 7 nitrogen and oxygen atoms in total. The number of aryl methyl sites for hydroxylation is 1. The lowest BCUT2D eigenvalue weighted by molar-refractivity contribution is 0.862. The van der Waals surface area contributed by atoms with Crippen molar-refractivity contribution in [3.63, 3.8) is 0 Å². The van der Waals surface area contributed by atoms with Gasteiger partial charge in [0.25, 0.3) is 0 Å². The molecule has 5 rings (SSSR count). The molecule has 0 fully saturated rings. The number of fused-ring (bicyclic) bond motifs is 2. The molecule has 0 aliphatic carbocycles. The Kier molecular flexibility index (Phi) is 3.41. The molecule has 1 aromatic carbocycles. The number of hydrogen-bond donors (Lipinski definition) is 1. The minimum atomic E-state index is -0.0722. The predicted octanol–water partition coefficient (Wildman–Crippen LogP) is 3.30. The lowest BCUT2D eigenvalue weighted by Gasteiger charge is -2.11. The molecule has 132 valence electrons. The summed E-state index contributed by atoms with van der Waals surface area (Å²) in [5.74, 6) is 1.44. The van der Waals surface area contributed by atoms with Crippen LogP contribution in [0.4, 0.5) is 0 Å². The first kappa shape index (κ1) is 15.8. The molecule has 0 spiro atoms. The van der Waals surface area contributed by atoms with E-state index in [9.17, 15) is 4.79 Å². The minimum Gasteiger partial charge on any atom is -0.346 e.